The van der Waals surface area contributed by atoms with Crippen LogP contribution >= 0.6 is 0 Å². The fourth-order valence-electron chi connectivity index (χ4n) is 6.13. The summed E-state index contributed by atoms with van der Waals surface area (Å²) < 4.78 is 1.25. The van der Waals surface area contributed by atoms with Gasteiger partial charge in [-0.2, -0.15) is 0 Å². The molecular formula is C40H81NO4. The highest BCUT2D eigenvalue weighted by molar-refractivity contribution is 5.67. The number of carbonyl (C=O) groups excluding carboxylic acids is 1. The number of hydrogen-bond acceptors (Lipinski definition) is 3. The third-order valence-electron chi connectivity index (χ3n) is 9.26. The Morgan fingerprint density at radius 1 is 0.422 bits per heavy atom. The standard InChI is InChI=1S/C34H72N.C6H10O4/c1-5-7-9-11-13-15-17-19-21-23-25-27-29-31-33-35(3,4)34-32-30-28-26-24-22-20-18-16-14-12-10-8-6-2;7-5(8)3-1-2-4-6(9)10/h5-34H2,1-4H3;1-4H2,(H,7,8)(H,9,10)/q+1;/p-1. The number of hydrogen-bond donors (Lipinski definition) is 1. The van der Waals surface area contributed by atoms with Gasteiger partial charge in [-0.1, -0.05) is 168 Å². The molecule has 0 saturated heterocycles. The van der Waals surface area contributed by atoms with Gasteiger partial charge in [0.2, 0.25) is 0 Å². The number of quaternary nitrogens is 1. The monoisotopic (exact) mass is 640 g/mol. The van der Waals surface area contributed by atoms with E-state index in [2.05, 4.69) is 27.9 Å². The molecule has 0 aliphatic rings. The molecule has 0 aromatic carbocycles. The van der Waals surface area contributed by atoms with Gasteiger partial charge in [0.15, 0.2) is 0 Å². The summed E-state index contributed by atoms with van der Waals surface area (Å²) in [6.45, 7) is 7.38. The topological polar surface area (TPSA) is 77.4 Å². The van der Waals surface area contributed by atoms with Crippen LogP contribution in [0.5, 0.6) is 0 Å². The molecule has 1 N–H and O–H groups in total. The van der Waals surface area contributed by atoms with E-state index in [-0.39, 0.29) is 12.8 Å². The summed E-state index contributed by atoms with van der Waals surface area (Å²) >= 11 is 0. The van der Waals surface area contributed by atoms with E-state index in [1.54, 1.807) is 0 Å². The van der Waals surface area contributed by atoms with Crippen LogP contribution in [0.1, 0.15) is 219 Å². The van der Waals surface area contributed by atoms with Gasteiger partial charge in [0, 0.05) is 12.4 Å². The van der Waals surface area contributed by atoms with Crippen LogP contribution in [-0.2, 0) is 9.59 Å². The minimum atomic E-state index is -1.12. The number of nitrogens with zero attached hydrogens (tertiary/aromatic N) is 1. The first kappa shape index (κ1) is 46.0. The zero-order chi connectivity index (χ0) is 33.7. The van der Waals surface area contributed by atoms with E-state index in [4.69, 9.17) is 5.11 Å². The molecule has 0 unspecified atom stereocenters. The SMILES string of the molecule is CCCCCCCCCCCCCCCC[N+](C)(C)CCCCCCCCCCCCCCCC.O=C([O-])CCCCC(=O)O. The van der Waals surface area contributed by atoms with Crippen molar-refractivity contribution in [2.24, 2.45) is 0 Å². The van der Waals surface area contributed by atoms with Gasteiger partial charge >= 0.3 is 5.97 Å². The fourth-order valence-corrected chi connectivity index (χ4v) is 6.13. The predicted molar refractivity (Wildman–Crippen MR) is 194 cm³/mol. The second-order valence-corrected chi connectivity index (χ2v) is 14.5. The van der Waals surface area contributed by atoms with Crippen molar-refractivity contribution in [2.45, 2.75) is 219 Å². The number of carboxylic acids is 2. The fraction of sp³-hybridized carbons (Fsp3) is 0.950. The van der Waals surface area contributed by atoms with Crippen LogP contribution < -0.4 is 5.11 Å². The van der Waals surface area contributed by atoms with Gasteiger partial charge in [0.1, 0.15) is 0 Å². The third-order valence-corrected chi connectivity index (χ3v) is 9.26. The van der Waals surface area contributed by atoms with Gasteiger partial charge in [-0.25, -0.2) is 0 Å². The summed E-state index contributed by atoms with van der Waals surface area (Å²) in [7, 11) is 4.93. The Bertz CT molecular complexity index is 557. The second kappa shape index (κ2) is 37.4. The first-order chi connectivity index (χ1) is 21.7. The summed E-state index contributed by atoms with van der Waals surface area (Å²) in [4.78, 5) is 19.7. The number of carboxylic acid groups (broad SMARTS) is 2. The van der Waals surface area contributed by atoms with E-state index in [9.17, 15) is 14.7 Å². The molecule has 0 heterocycles. The van der Waals surface area contributed by atoms with Crippen LogP contribution in [0.15, 0.2) is 0 Å². The number of rotatable bonds is 35. The van der Waals surface area contributed by atoms with Gasteiger partial charge in [-0.3, -0.25) is 4.79 Å². The van der Waals surface area contributed by atoms with Gasteiger partial charge < -0.3 is 19.5 Å². The minimum Gasteiger partial charge on any atom is -0.550 e. The van der Waals surface area contributed by atoms with Gasteiger partial charge in [-0.15, -0.1) is 0 Å². The molecular weight excluding hydrogens is 558 g/mol. The number of aliphatic carboxylic acids is 2. The largest absolute Gasteiger partial charge is 0.550 e. The van der Waals surface area contributed by atoms with Gasteiger partial charge in [-0.05, 0) is 44.9 Å². The highest BCUT2D eigenvalue weighted by atomic mass is 16.4. The van der Waals surface area contributed by atoms with E-state index in [0.717, 1.165) is 0 Å². The van der Waals surface area contributed by atoms with E-state index < -0.39 is 11.9 Å². The average Bonchev–Trinajstić information content (AvgIpc) is 3.00. The number of carbonyl (C=O) groups is 2. The zero-order valence-corrected chi connectivity index (χ0v) is 31.2. The lowest BCUT2D eigenvalue weighted by Gasteiger charge is -2.30. The van der Waals surface area contributed by atoms with Crippen molar-refractivity contribution in [2.75, 3.05) is 27.2 Å². The maximum atomic E-state index is 9.88. The highest BCUT2D eigenvalue weighted by Gasteiger charge is 2.13. The van der Waals surface area contributed by atoms with Crippen LogP contribution in [0.4, 0.5) is 0 Å². The lowest BCUT2D eigenvalue weighted by atomic mass is 10.0. The molecule has 0 atom stereocenters. The molecule has 0 saturated carbocycles. The second-order valence-electron chi connectivity index (χ2n) is 14.5. The molecule has 5 heteroatoms. The van der Waals surface area contributed by atoms with Crippen molar-refractivity contribution >= 4 is 11.9 Å². The van der Waals surface area contributed by atoms with E-state index in [1.807, 2.05) is 0 Å². The van der Waals surface area contributed by atoms with Crippen molar-refractivity contribution in [1.29, 1.82) is 0 Å². The Balaban J connectivity index is 0. The Hall–Kier alpha value is -1.10. The van der Waals surface area contributed by atoms with Gasteiger partial charge in [0.25, 0.3) is 0 Å². The molecule has 0 spiro atoms. The Morgan fingerprint density at radius 3 is 0.911 bits per heavy atom. The van der Waals surface area contributed by atoms with Crippen molar-refractivity contribution in [3.8, 4) is 0 Å². The summed E-state index contributed by atoms with van der Waals surface area (Å²) in [5.74, 6) is -2.01. The Labute approximate surface area is 282 Å². The predicted octanol–water partition coefficient (Wildman–Crippen LogP) is 11.4. The highest BCUT2D eigenvalue weighted by Crippen LogP contribution is 2.16. The molecule has 5 nitrogen and oxygen atoms in total. The van der Waals surface area contributed by atoms with E-state index >= 15 is 0 Å². The maximum Gasteiger partial charge on any atom is 0.303 e. The van der Waals surface area contributed by atoms with E-state index in [1.165, 1.54) is 197 Å². The first-order valence-corrected chi connectivity index (χ1v) is 20.0. The van der Waals surface area contributed by atoms with Crippen molar-refractivity contribution in [3.05, 3.63) is 0 Å². The van der Waals surface area contributed by atoms with E-state index in [0.29, 0.717) is 12.8 Å². The Kier molecular flexibility index (Phi) is 38.2. The molecule has 0 aliphatic heterocycles. The van der Waals surface area contributed by atoms with Crippen molar-refractivity contribution in [1.82, 2.24) is 0 Å². The molecule has 0 aromatic heterocycles. The first-order valence-electron chi connectivity index (χ1n) is 20.0. The maximum absolute atomic E-state index is 9.88. The van der Waals surface area contributed by atoms with Crippen LogP contribution in [-0.4, -0.2) is 48.7 Å². The molecule has 0 radical (unpaired) electrons. The lowest BCUT2D eigenvalue weighted by Crippen LogP contribution is -2.41. The number of unbranched alkanes of at least 4 members (excludes halogenated alkanes) is 27. The zero-order valence-electron chi connectivity index (χ0n) is 31.2. The summed E-state index contributed by atoms with van der Waals surface area (Å²) in [5.41, 5.74) is 0. The third kappa shape index (κ3) is 45.1. The smallest absolute Gasteiger partial charge is 0.303 e. The lowest BCUT2D eigenvalue weighted by molar-refractivity contribution is -0.890. The molecule has 0 fully saturated rings. The molecule has 0 amide bonds. The van der Waals surface area contributed by atoms with Gasteiger partial charge in [0.05, 0.1) is 27.2 Å². The summed E-state index contributed by atoms with van der Waals surface area (Å²) in [6.07, 6.45) is 41.7. The summed E-state index contributed by atoms with van der Waals surface area (Å²) in [6, 6.07) is 0. The van der Waals surface area contributed by atoms with Crippen LogP contribution in [0.25, 0.3) is 0 Å². The average molecular weight is 640 g/mol. The summed E-state index contributed by atoms with van der Waals surface area (Å²) in [5, 5.41) is 17.9. The molecule has 0 aromatic rings. The quantitative estimate of drug-likeness (QED) is 0.0553. The molecule has 0 rings (SSSR count). The van der Waals surface area contributed by atoms with Crippen LogP contribution in [0, 0.1) is 0 Å². The molecule has 270 valence electrons. The molecule has 0 bridgehead atoms. The van der Waals surface area contributed by atoms with Crippen LogP contribution in [0.2, 0.25) is 0 Å². The van der Waals surface area contributed by atoms with Crippen molar-refractivity contribution in [3.63, 3.8) is 0 Å². The minimum absolute atomic E-state index is 0.0350. The Morgan fingerprint density at radius 2 is 0.667 bits per heavy atom. The normalized spacial score (nSPS) is 11.4. The van der Waals surface area contributed by atoms with Crippen LogP contribution in [0.3, 0.4) is 0 Å². The van der Waals surface area contributed by atoms with Crippen molar-refractivity contribution < 1.29 is 24.3 Å². The molecule has 0 aliphatic carbocycles. The molecule has 45 heavy (non-hydrogen) atoms.